The van der Waals surface area contributed by atoms with Crippen molar-refractivity contribution in [2.24, 2.45) is 4.99 Å². The number of aryl methyl sites for hydroxylation is 2. The second-order valence-corrected chi connectivity index (χ2v) is 7.70. The van der Waals surface area contributed by atoms with E-state index >= 15 is 0 Å². The van der Waals surface area contributed by atoms with Crippen LogP contribution in [0.5, 0.6) is 0 Å². The van der Waals surface area contributed by atoms with Gasteiger partial charge in [-0.2, -0.15) is 0 Å². The van der Waals surface area contributed by atoms with Gasteiger partial charge in [0.05, 0.1) is 19.4 Å². The first-order valence-electron chi connectivity index (χ1n) is 10.2. The SMILES string of the molecule is CCNC(=NCc1cccc(Cn2ccnc2)c1)NCC(C)(O)c1cc(C)oc1C. The van der Waals surface area contributed by atoms with Gasteiger partial charge in [-0.25, -0.2) is 9.98 Å². The molecule has 0 saturated carbocycles. The van der Waals surface area contributed by atoms with Crippen LogP contribution in [-0.4, -0.2) is 33.7 Å². The predicted molar refractivity (Wildman–Crippen MR) is 118 cm³/mol. The van der Waals surface area contributed by atoms with Crippen molar-refractivity contribution in [1.82, 2.24) is 20.2 Å². The highest BCUT2D eigenvalue weighted by atomic mass is 16.3. The van der Waals surface area contributed by atoms with E-state index in [1.807, 2.05) is 50.0 Å². The lowest BCUT2D eigenvalue weighted by molar-refractivity contribution is 0.0601. The number of nitrogens with one attached hydrogen (secondary N) is 2. The molecule has 7 nitrogen and oxygen atoms in total. The molecule has 1 atom stereocenters. The van der Waals surface area contributed by atoms with Crippen molar-refractivity contribution in [2.45, 2.75) is 46.4 Å². The summed E-state index contributed by atoms with van der Waals surface area (Å²) >= 11 is 0. The van der Waals surface area contributed by atoms with Gasteiger partial charge in [0, 0.05) is 31.0 Å². The minimum atomic E-state index is -1.07. The van der Waals surface area contributed by atoms with Crippen molar-refractivity contribution >= 4 is 5.96 Å². The van der Waals surface area contributed by atoms with Gasteiger partial charge >= 0.3 is 0 Å². The lowest BCUT2D eigenvalue weighted by Crippen LogP contribution is -2.44. The number of furan rings is 1. The van der Waals surface area contributed by atoms with Gasteiger partial charge in [-0.05, 0) is 44.9 Å². The third-order valence-electron chi connectivity index (χ3n) is 4.90. The van der Waals surface area contributed by atoms with Gasteiger partial charge in [0.1, 0.15) is 17.1 Å². The summed E-state index contributed by atoms with van der Waals surface area (Å²) < 4.78 is 7.61. The zero-order valence-electron chi connectivity index (χ0n) is 18.1. The lowest BCUT2D eigenvalue weighted by Gasteiger charge is -2.24. The van der Waals surface area contributed by atoms with Gasteiger partial charge in [0.2, 0.25) is 0 Å². The van der Waals surface area contributed by atoms with E-state index in [1.165, 1.54) is 5.56 Å². The third-order valence-corrected chi connectivity index (χ3v) is 4.90. The summed E-state index contributed by atoms with van der Waals surface area (Å²) in [4.78, 5) is 8.77. The summed E-state index contributed by atoms with van der Waals surface area (Å²) in [5, 5.41) is 17.4. The predicted octanol–water partition coefficient (Wildman–Crippen LogP) is 3.10. The van der Waals surface area contributed by atoms with Crippen LogP contribution in [0.4, 0.5) is 0 Å². The molecule has 3 rings (SSSR count). The van der Waals surface area contributed by atoms with Crippen molar-refractivity contribution in [3.8, 4) is 0 Å². The maximum absolute atomic E-state index is 10.9. The van der Waals surface area contributed by atoms with E-state index < -0.39 is 5.60 Å². The van der Waals surface area contributed by atoms with Crippen LogP contribution >= 0.6 is 0 Å². The van der Waals surface area contributed by atoms with E-state index in [2.05, 4.69) is 38.8 Å². The number of rotatable bonds is 8. The van der Waals surface area contributed by atoms with E-state index in [0.717, 1.165) is 35.7 Å². The molecule has 3 N–H and O–H groups in total. The first-order valence-corrected chi connectivity index (χ1v) is 10.2. The highest BCUT2D eigenvalue weighted by Gasteiger charge is 2.27. The maximum Gasteiger partial charge on any atom is 0.191 e. The summed E-state index contributed by atoms with van der Waals surface area (Å²) in [7, 11) is 0. The van der Waals surface area contributed by atoms with Crippen LogP contribution in [0.25, 0.3) is 0 Å². The summed E-state index contributed by atoms with van der Waals surface area (Å²) in [6.45, 7) is 9.92. The van der Waals surface area contributed by atoms with Gasteiger partial charge < -0.3 is 24.7 Å². The van der Waals surface area contributed by atoms with Gasteiger partial charge in [0.25, 0.3) is 0 Å². The van der Waals surface area contributed by atoms with Crippen LogP contribution < -0.4 is 10.6 Å². The number of imidazole rings is 1. The molecule has 1 aromatic carbocycles. The summed E-state index contributed by atoms with van der Waals surface area (Å²) in [5.41, 5.74) is 2.05. The summed E-state index contributed by atoms with van der Waals surface area (Å²) in [6.07, 6.45) is 5.55. The normalized spacial score (nSPS) is 13.8. The van der Waals surface area contributed by atoms with E-state index in [0.29, 0.717) is 19.0 Å². The smallest absolute Gasteiger partial charge is 0.191 e. The Morgan fingerprint density at radius 1 is 1.23 bits per heavy atom. The van der Waals surface area contributed by atoms with Crippen LogP contribution in [-0.2, 0) is 18.7 Å². The number of nitrogens with zero attached hydrogens (tertiary/aromatic N) is 3. The molecule has 0 aliphatic rings. The molecular weight excluding hydrogens is 378 g/mol. The Morgan fingerprint density at radius 2 is 2.03 bits per heavy atom. The highest BCUT2D eigenvalue weighted by Crippen LogP contribution is 2.26. The van der Waals surface area contributed by atoms with Crippen molar-refractivity contribution in [1.29, 1.82) is 0 Å². The quantitative estimate of drug-likeness (QED) is 0.393. The van der Waals surface area contributed by atoms with Crippen molar-refractivity contribution in [2.75, 3.05) is 13.1 Å². The van der Waals surface area contributed by atoms with Crippen LogP contribution in [0.3, 0.4) is 0 Å². The van der Waals surface area contributed by atoms with Gasteiger partial charge in [-0.3, -0.25) is 0 Å². The Morgan fingerprint density at radius 3 is 2.70 bits per heavy atom. The number of aliphatic hydroxyl groups is 1. The maximum atomic E-state index is 10.9. The molecule has 160 valence electrons. The molecule has 0 aliphatic carbocycles. The molecule has 7 heteroatoms. The summed E-state index contributed by atoms with van der Waals surface area (Å²) in [5.74, 6) is 2.19. The van der Waals surface area contributed by atoms with Crippen LogP contribution in [0.15, 0.2) is 58.5 Å². The van der Waals surface area contributed by atoms with Gasteiger partial charge in [0.15, 0.2) is 5.96 Å². The standard InChI is InChI=1S/C23H31N5O2/c1-5-25-22(27-15-23(4,29)21-11-17(2)30-18(21)3)26-13-19-7-6-8-20(12-19)14-28-10-9-24-16-28/h6-12,16,29H,5,13-15H2,1-4H3,(H2,25,26,27). The Labute approximate surface area is 177 Å². The number of aliphatic imine (C=N–C) groups is 1. The number of hydrogen-bond donors (Lipinski definition) is 3. The number of benzene rings is 1. The molecule has 0 radical (unpaired) electrons. The van der Waals surface area contributed by atoms with Crippen molar-refractivity contribution in [3.05, 3.63) is 77.3 Å². The molecule has 0 amide bonds. The molecule has 0 saturated heterocycles. The van der Waals surface area contributed by atoms with E-state index in [1.54, 1.807) is 13.1 Å². The molecule has 0 aliphatic heterocycles. The number of guanidine groups is 1. The Kier molecular flexibility index (Phi) is 6.95. The van der Waals surface area contributed by atoms with Crippen LogP contribution in [0.1, 0.15) is 42.1 Å². The molecule has 2 aromatic heterocycles. The molecular formula is C23H31N5O2. The Balaban J connectivity index is 1.65. The van der Waals surface area contributed by atoms with Crippen molar-refractivity contribution < 1.29 is 9.52 Å². The largest absolute Gasteiger partial charge is 0.466 e. The topological polar surface area (TPSA) is 87.6 Å². The average molecular weight is 410 g/mol. The highest BCUT2D eigenvalue weighted by molar-refractivity contribution is 5.79. The second-order valence-electron chi connectivity index (χ2n) is 7.70. The third kappa shape index (κ3) is 5.73. The van der Waals surface area contributed by atoms with Gasteiger partial charge in [-0.15, -0.1) is 0 Å². The van der Waals surface area contributed by atoms with Crippen LogP contribution in [0.2, 0.25) is 0 Å². The zero-order valence-corrected chi connectivity index (χ0v) is 18.1. The fourth-order valence-electron chi connectivity index (χ4n) is 3.45. The molecule has 0 bridgehead atoms. The monoisotopic (exact) mass is 409 g/mol. The minimum absolute atomic E-state index is 0.319. The zero-order chi connectivity index (χ0) is 21.6. The molecule has 30 heavy (non-hydrogen) atoms. The Hall–Kier alpha value is -3.06. The van der Waals surface area contributed by atoms with Crippen LogP contribution in [0, 0.1) is 13.8 Å². The minimum Gasteiger partial charge on any atom is -0.466 e. The second kappa shape index (κ2) is 9.63. The Bertz CT molecular complexity index is 973. The van der Waals surface area contributed by atoms with Gasteiger partial charge in [-0.1, -0.05) is 24.3 Å². The van der Waals surface area contributed by atoms with Crippen molar-refractivity contribution in [3.63, 3.8) is 0 Å². The van der Waals surface area contributed by atoms with E-state index in [-0.39, 0.29) is 0 Å². The molecule has 2 heterocycles. The van der Waals surface area contributed by atoms with E-state index in [9.17, 15) is 5.11 Å². The fraction of sp³-hybridized carbons (Fsp3) is 0.391. The first kappa shape index (κ1) is 21.6. The first-order chi connectivity index (χ1) is 14.4. The van der Waals surface area contributed by atoms with E-state index in [4.69, 9.17) is 4.42 Å². The molecule has 3 aromatic rings. The summed E-state index contributed by atoms with van der Waals surface area (Å²) in [6, 6.07) is 10.3. The number of aromatic nitrogens is 2. The molecule has 1 unspecified atom stereocenters. The lowest BCUT2D eigenvalue weighted by atomic mass is 9.96. The number of hydrogen-bond acceptors (Lipinski definition) is 4. The average Bonchev–Trinajstić information content (AvgIpc) is 3.33. The molecule has 0 fully saturated rings. The fourth-order valence-corrected chi connectivity index (χ4v) is 3.45. The molecule has 0 spiro atoms.